The first-order chi connectivity index (χ1) is 13.6. The van der Waals surface area contributed by atoms with Crippen molar-refractivity contribution >= 4 is 11.9 Å². The van der Waals surface area contributed by atoms with E-state index in [1.54, 1.807) is 0 Å². The van der Waals surface area contributed by atoms with E-state index in [-0.39, 0.29) is 37.0 Å². The maximum absolute atomic E-state index is 11.9. The van der Waals surface area contributed by atoms with Gasteiger partial charge in [-0.05, 0) is 25.7 Å². The molecule has 6 heteroatoms. The number of carbonyl (C=O) groups excluding carboxylic acids is 2. The Kier molecular flexibility index (Phi) is 18.4. The van der Waals surface area contributed by atoms with Gasteiger partial charge in [0, 0.05) is 0 Å². The smallest absolute Gasteiger partial charge is 0.308 e. The van der Waals surface area contributed by atoms with Gasteiger partial charge in [-0.1, -0.05) is 53.4 Å². The van der Waals surface area contributed by atoms with Crippen LogP contribution in [0.25, 0.3) is 0 Å². The molecule has 0 saturated carbocycles. The molecule has 0 aliphatic rings. The Morgan fingerprint density at radius 1 is 0.607 bits per heavy atom. The van der Waals surface area contributed by atoms with Gasteiger partial charge in [0.15, 0.2) is 0 Å². The molecule has 0 N–H and O–H groups in total. The Labute approximate surface area is 171 Å². The lowest BCUT2D eigenvalue weighted by Crippen LogP contribution is -2.21. The predicted octanol–water partition coefficient (Wildman–Crippen LogP) is 4.54. The minimum atomic E-state index is -0.123. The summed E-state index contributed by atoms with van der Waals surface area (Å²) in [6, 6.07) is 0. The van der Waals surface area contributed by atoms with Crippen LogP contribution in [-0.2, 0) is 28.5 Å². The summed E-state index contributed by atoms with van der Waals surface area (Å²) in [6.45, 7) is 10.4. The molecule has 0 aliphatic heterocycles. The quantitative estimate of drug-likeness (QED) is 0.233. The van der Waals surface area contributed by atoms with Gasteiger partial charge in [0.05, 0.1) is 38.3 Å². The number of unbranched alkanes of at least 4 members (excludes halogenated alkanes) is 2. The summed E-state index contributed by atoms with van der Waals surface area (Å²) in [5, 5.41) is 0. The Morgan fingerprint density at radius 2 is 0.964 bits per heavy atom. The maximum Gasteiger partial charge on any atom is 0.308 e. The van der Waals surface area contributed by atoms with E-state index < -0.39 is 0 Å². The second-order valence-corrected chi connectivity index (χ2v) is 7.05. The molecular formula is C22H42O6. The monoisotopic (exact) mass is 402 g/mol. The predicted molar refractivity (Wildman–Crippen MR) is 110 cm³/mol. The van der Waals surface area contributed by atoms with Gasteiger partial charge < -0.3 is 18.9 Å². The van der Waals surface area contributed by atoms with Crippen molar-refractivity contribution in [1.29, 1.82) is 0 Å². The van der Waals surface area contributed by atoms with Gasteiger partial charge in [0.2, 0.25) is 0 Å². The lowest BCUT2D eigenvalue weighted by molar-refractivity contribution is -0.152. The standard InChI is InChI=1S/C22H42O6/c1-5-9-11-19(7-3)21(23)27-17-15-25-13-14-26-16-18-28-22(24)20(8-4)12-10-6-2/h19-20H,5-18H2,1-4H3/t19-,20-/m1/s1. The Balaban J connectivity index is 3.57. The van der Waals surface area contributed by atoms with Gasteiger partial charge >= 0.3 is 11.9 Å². The molecule has 6 nitrogen and oxygen atoms in total. The fourth-order valence-electron chi connectivity index (χ4n) is 2.84. The van der Waals surface area contributed by atoms with Crippen molar-refractivity contribution < 1.29 is 28.5 Å². The highest BCUT2D eigenvalue weighted by molar-refractivity contribution is 5.72. The Bertz CT molecular complexity index is 349. The van der Waals surface area contributed by atoms with Gasteiger partial charge in [-0.3, -0.25) is 9.59 Å². The third-order valence-corrected chi connectivity index (χ3v) is 4.78. The van der Waals surface area contributed by atoms with Gasteiger partial charge in [0.1, 0.15) is 13.2 Å². The van der Waals surface area contributed by atoms with Gasteiger partial charge in [-0.15, -0.1) is 0 Å². The summed E-state index contributed by atoms with van der Waals surface area (Å²) in [7, 11) is 0. The third-order valence-electron chi connectivity index (χ3n) is 4.78. The molecule has 28 heavy (non-hydrogen) atoms. The van der Waals surface area contributed by atoms with Crippen LogP contribution in [0.3, 0.4) is 0 Å². The van der Waals surface area contributed by atoms with E-state index in [2.05, 4.69) is 13.8 Å². The van der Waals surface area contributed by atoms with Crippen LogP contribution in [0.5, 0.6) is 0 Å². The first-order valence-corrected chi connectivity index (χ1v) is 11.1. The summed E-state index contributed by atoms with van der Waals surface area (Å²) in [5.74, 6) is -0.246. The zero-order valence-corrected chi connectivity index (χ0v) is 18.5. The molecule has 0 radical (unpaired) electrons. The molecule has 0 aliphatic carbocycles. The van der Waals surface area contributed by atoms with Crippen molar-refractivity contribution in [2.75, 3.05) is 39.6 Å². The largest absolute Gasteiger partial charge is 0.463 e. The molecule has 0 spiro atoms. The van der Waals surface area contributed by atoms with Crippen LogP contribution in [0.4, 0.5) is 0 Å². The fourth-order valence-corrected chi connectivity index (χ4v) is 2.84. The normalized spacial score (nSPS) is 13.1. The summed E-state index contributed by atoms with van der Waals surface area (Å²) in [4.78, 5) is 23.9. The first kappa shape index (κ1) is 26.9. The molecule has 0 saturated heterocycles. The third kappa shape index (κ3) is 13.9. The number of hydrogen-bond donors (Lipinski definition) is 0. The summed E-state index contributed by atoms with van der Waals surface area (Å²) in [6.07, 6.45) is 7.69. The highest BCUT2D eigenvalue weighted by Crippen LogP contribution is 2.15. The number of carbonyl (C=O) groups is 2. The Morgan fingerprint density at radius 3 is 1.29 bits per heavy atom. The van der Waals surface area contributed by atoms with E-state index in [9.17, 15) is 9.59 Å². The molecule has 166 valence electrons. The molecule has 0 rings (SSSR count). The van der Waals surface area contributed by atoms with Crippen LogP contribution in [0, 0.1) is 11.8 Å². The SMILES string of the molecule is CCCC[C@@H](CC)C(=O)OCCOCCOCCOC(=O)[C@H](CC)CCCC. The van der Waals surface area contributed by atoms with Crippen molar-refractivity contribution in [3.63, 3.8) is 0 Å². The zero-order chi connectivity index (χ0) is 21.0. The van der Waals surface area contributed by atoms with E-state index in [0.717, 1.165) is 51.4 Å². The molecule has 0 aromatic carbocycles. The molecular weight excluding hydrogens is 360 g/mol. The van der Waals surface area contributed by atoms with Crippen LogP contribution >= 0.6 is 0 Å². The average Bonchev–Trinajstić information content (AvgIpc) is 2.70. The van der Waals surface area contributed by atoms with Gasteiger partial charge in [-0.25, -0.2) is 0 Å². The van der Waals surface area contributed by atoms with E-state index >= 15 is 0 Å². The molecule has 0 aromatic heterocycles. The highest BCUT2D eigenvalue weighted by Gasteiger charge is 2.17. The minimum Gasteiger partial charge on any atom is -0.463 e. The van der Waals surface area contributed by atoms with Crippen molar-refractivity contribution in [1.82, 2.24) is 0 Å². The minimum absolute atomic E-state index is 0.000252. The summed E-state index contributed by atoms with van der Waals surface area (Å²) < 4.78 is 21.3. The lowest BCUT2D eigenvalue weighted by atomic mass is 10.00. The van der Waals surface area contributed by atoms with Gasteiger partial charge in [-0.2, -0.15) is 0 Å². The number of ether oxygens (including phenoxy) is 4. The zero-order valence-electron chi connectivity index (χ0n) is 18.5. The lowest BCUT2D eigenvalue weighted by Gasteiger charge is -2.14. The molecule has 2 atom stereocenters. The van der Waals surface area contributed by atoms with E-state index in [1.165, 1.54) is 0 Å². The molecule has 0 bridgehead atoms. The number of hydrogen-bond acceptors (Lipinski definition) is 6. The van der Waals surface area contributed by atoms with Crippen LogP contribution in [0.1, 0.15) is 79.1 Å². The Hall–Kier alpha value is -1.14. The van der Waals surface area contributed by atoms with Crippen molar-refractivity contribution in [3.8, 4) is 0 Å². The second kappa shape index (κ2) is 19.2. The van der Waals surface area contributed by atoms with Gasteiger partial charge in [0.25, 0.3) is 0 Å². The number of esters is 2. The first-order valence-electron chi connectivity index (χ1n) is 11.1. The van der Waals surface area contributed by atoms with E-state index in [1.807, 2.05) is 13.8 Å². The van der Waals surface area contributed by atoms with Crippen molar-refractivity contribution in [3.05, 3.63) is 0 Å². The number of rotatable bonds is 19. The topological polar surface area (TPSA) is 71.1 Å². The molecule has 0 fully saturated rings. The van der Waals surface area contributed by atoms with Crippen LogP contribution < -0.4 is 0 Å². The molecule has 0 amide bonds. The fraction of sp³-hybridized carbons (Fsp3) is 0.909. The average molecular weight is 403 g/mol. The van der Waals surface area contributed by atoms with Crippen LogP contribution in [0.2, 0.25) is 0 Å². The second-order valence-electron chi connectivity index (χ2n) is 7.05. The van der Waals surface area contributed by atoms with Crippen molar-refractivity contribution in [2.24, 2.45) is 11.8 Å². The summed E-state index contributed by atoms with van der Waals surface area (Å²) >= 11 is 0. The van der Waals surface area contributed by atoms with Crippen LogP contribution in [0.15, 0.2) is 0 Å². The van der Waals surface area contributed by atoms with E-state index in [0.29, 0.717) is 26.4 Å². The highest BCUT2D eigenvalue weighted by atomic mass is 16.6. The summed E-state index contributed by atoms with van der Waals surface area (Å²) in [5.41, 5.74) is 0. The van der Waals surface area contributed by atoms with Crippen LogP contribution in [-0.4, -0.2) is 51.6 Å². The molecule has 0 heterocycles. The van der Waals surface area contributed by atoms with E-state index in [4.69, 9.17) is 18.9 Å². The molecule has 0 aromatic rings. The van der Waals surface area contributed by atoms with Crippen molar-refractivity contribution in [2.45, 2.75) is 79.1 Å². The maximum atomic E-state index is 11.9. The molecule has 0 unspecified atom stereocenters.